The molecule has 31 heavy (non-hydrogen) atoms. The molecule has 7 nitrogen and oxygen atoms in total. The molecule has 0 atom stereocenters. The Morgan fingerprint density at radius 3 is 2.71 bits per heavy atom. The molecule has 1 amide bonds. The van der Waals surface area contributed by atoms with Crippen molar-refractivity contribution in [3.63, 3.8) is 0 Å². The maximum absolute atomic E-state index is 12.4. The van der Waals surface area contributed by atoms with E-state index in [1.54, 1.807) is 36.2 Å². The van der Waals surface area contributed by atoms with Crippen LogP contribution in [0.15, 0.2) is 48.7 Å². The van der Waals surface area contributed by atoms with Crippen molar-refractivity contribution in [1.82, 2.24) is 14.8 Å². The number of anilines is 1. The number of ether oxygens (including phenoxy) is 2. The number of halogens is 1. The van der Waals surface area contributed by atoms with Gasteiger partial charge in [0.05, 0.1) is 18.8 Å². The summed E-state index contributed by atoms with van der Waals surface area (Å²) in [5.41, 5.74) is 4.21. The van der Waals surface area contributed by atoms with Crippen LogP contribution in [-0.4, -0.2) is 41.0 Å². The van der Waals surface area contributed by atoms with Gasteiger partial charge in [-0.1, -0.05) is 41.4 Å². The average Bonchev–Trinajstić information content (AvgIpc) is 3.02. The van der Waals surface area contributed by atoms with Crippen LogP contribution in [-0.2, 0) is 16.1 Å². The molecule has 0 saturated heterocycles. The van der Waals surface area contributed by atoms with Crippen molar-refractivity contribution in [3.8, 4) is 5.88 Å². The van der Waals surface area contributed by atoms with Crippen LogP contribution in [0.25, 0.3) is 6.08 Å². The Morgan fingerprint density at radius 2 is 1.97 bits per heavy atom. The molecule has 3 aromatic rings. The molecule has 2 aromatic heterocycles. The predicted octanol–water partition coefficient (Wildman–Crippen LogP) is 4.27. The first-order valence-corrected chi connectivity index (χ1v) is 10.2. The number of carbonyl (C=O) groups excluding carboxylic acids is 1. The lowest BCUT2D eigenvalue weighted by Gasteiger charge is -2.09. The fraction of sp³-hybridized carbons (Fsp3) is 0.261. The van der Waals surface area contributed by atoms with E-state index < -0.39 is 0 Å². The zero-order valence-electron chi connectivity index (χ0n) is 17.8. The number of amides is 1. The van der Waals surface area contributed by atoms with E-state index in [2.05, 4.69) is 27.5 Å². The van der Waals surface area contributed by atoms with Crippen LogP contribution >= 0.6 is 11.6 Å². The molecule has 0 aliphatic rings. The Balaban J connectivity index is 1.68. The van der Waals surface area contributed by atoms with Gasteiger partial charge in [0.2, 0.25) is 11.8 Å². The number of rotatable bonds is 9. The van der Waals surface area contributed by atoms with Crippen LogP contribution < -0.4 is 10.1 Å². The topological polar surface area (TPSA) is 78.3 Å². The zero-order chi connectivity index (χ0) is 22.2. The summed E-state index contributed by atoms with van der Waals surface area (Å²) < 4.78 is 12.2. The minimum absolute atomic E-state index is 0.327. The van der Waals surface area contributed by atoms with E-state index in [9.17, 15) is 4.79 Å². The minimum Gasteiger partial charge on any atom is -0.474 e. The average molecular weight is 441 g/mol. The van der Waals surface area contributed by atoms with Crippen molar-refractivity contribution in [3.05, 3.63) is 76.2 Å². The molecule has 0 saturated carbocycles. The summed E-state index contributed by atoms with van der Waals surface area (Å²) in [5, 5.41) is 7.76. The fourth-order valence-electron chi connectivity index (χ4n) is 2.88. The highest BCUT2D eigenvalue weighted by molar-refractivity contribution is 6.31. The summed E-state index contributed by atoms with van der Waals surface area (Å²) in [6.45, 7) is 5.22. The van der Waals surface area contributed by atoms with Gasteiger partial charge >= 0.3 is 0 Å². The number of hydrogen-bond donors (Lipinski definition) is 1. The maximum Gasteiger partial charge on any atom is 0.248 e. The second-order valence-electron chi connectivity index (χ2n) is 6.95. The molecule has 0 bridgehead atoms. The van der Waals surface area contributed by atoms with Gasteiger partial charge in [-0.3, -0.25) is 4.79 Å². The van der Waals surface area contributed by atoms with Crippen LogP contribution in [0, 0.1) is 13.8 Å². The first-order chi connectivity index (χ1) is 15.0. The molecule has 1 aromatic carbocycles. The Morgan fingerprint density at radius 1 is 1.19 bits per heavy atom. The molecule has 162 valence electrons. The third kappa shape index (κ3) is 6.16. The highest BCUT2D eigenvalue weighted by Gasteiger charge is 2.12. The normalized spacial score (nSPS) is 11.1. The summed E-state index contributed by atoms with van der Waals surface area (Å²) in [4.78, 5) is 16.6. The van der Waals surface area contributed by atoms with Crippen LogP contribution in [0.2, 0.25) is 5.15 Å². The van der Waals surface area contributed by atoms with E-state index in [4.69, 9.17) is 21.1 Å². The molecule has 3 rings (SSSR count). The molecule has 8 heteroatoms. The Labute approximate surface area is 186 Å². The van der Waals surface area contributed by atoms with Gasteiger partial charge < -0.3 is 14.8 Å². The first kappa shape index (κ1) is 22.5. The quantitative estimate of drug-likeness (QED) is 0.397. The second kappa shape index (κ2) is 10.7. The van der Waals surface area contributed by atoms with Gasteiger partial charge in [-0.2, -0.15) is 5.10 Å². The van der Waals surface area contributed by atoms with Gasteiger partial charge in [-0.15, -0.1) is 0 Å². The van der Waals surface area contributed by atoms with Crippen molar-refractivity contribution in [2.75, 3.05) is 25.6 Å². The van der Waals surface area contributed by atoms with Gasteiger partial charge in [0, 0.05) is 24.9 Å². The summed E-state index contributed by atoms with van der Waals surface area (Å²) >= 11 is 6.53. The van der Waals surface area contributed by atoms with Crippen molar-refractivity contribution >= 4 is 29.3 Å². The third-order valence-electron chi connectivity index (χ3n) is 4.52. The highest BCUT2D eigenvalue weighted by atomic mass is 35.5. The number of nitrogens with one attached hydrogen (secondary N) is 1. The molecule has 2 heterocycles. The van der Waals surface area contributed by atoms with Gasteiger partial charge in [-0.25, -0.2) is 9.67 Å². The van der Waals surface area contributed by atoms with Crippen LogP contribution in [0.4, 0.5) is 5.69 Å². The number of aryl methyl sites for hydroxylation is 2. The van der Waals surface area contributed by atoms with Crippen LogP contribution in [0.5, 0.6) is 5.88 Å². The predicted molar refractivity (Wildman–Crippen MR) is 122 cm³/mol. The SMILES string of the molecule is COCCOc1ncccc1NC(=O)/C=C/c1c(C)nn(Cc2ccc(C)cc2)c1Cl. The third-order valence-corrected chi connectivity index (χ3v) is 4.92. The smallest absolute Gasteiger partial charge is 0.248 e. The van der Waals surface area contributed by atoms with Crippen LogP contribution in [0.3, 0.4) is 0 Å². The minimum atomic E-state index is -0.327. The zero-order valence-corrected chi connectivity index (χ0v) is 18.5. The molecular weight excluding hydrogens is 416 g/mol. The fourth-order valence-corrected chi connectivity index (χ4v) is 3.18. The van der Waals surface area contributed by atoms with Crippen molar-refractivity contribution in [1.29, 1.82) is 0 Å². The van der Waals surface area contributed by atoms with Crippen LogP contribution in [0.1, 0.15) is 22.4 Å². The van der Waals surface area contributed by atoms with Crippen molar-refractivity contribution in [2.45, 2.75) is 20.4 Å². The number of methoxy groups -OCH3 is 1. The molecular formula is C23H25ClN4O3. The molecule has 0 radical (unpaired) electrons. The van der Waals surface area contributed by atoms with Gasteiger partial charge in [0.25, 0.3) is 0 Å². The van der Waals surface area contributed by atoms with E-state index in [1.165, 1.54) is 11.6 Å². The van der Waals surface area contributed by atoms with Gasteiger partial charge in [0.1, 0.15) is 17.4 Å². The van der Waals surface area contributed by atoms with Crippen molar-refractivity contribution < 1.29 is 14.3 Å². The molecule has 0 fully saturated rings. The van der Waals surface area contributed by atoms with Gasteiger partial charge in [0.15, 0.2) is 0 Å². The van der Waals surface area contributed by atoms with Gasteiger partial charge in [-0.05, 0) is 37.6 Å². The second-order valence-corrected chi connectivity index (χ2v) is 7.31. The molecule has 0 aliphatic carbocycles. The van der Waals surface area contributed by atoms with E-state index >= 15 is 0 Å². The number of carbonyl (C=O) groups is 1. The molecule has 0 spiro atoms. The Kier molecular flexibility index (Phi) is 7.81. The highest BCUT2D eigenvalue weighted by Crippen LogP contribution is 2.23. The lowest BCUT2D eigenvalue weighted by molar-refractivity contribution is -0.111. The summed E-state index contributed by atoms with van der Waals surface area (Å²) in [6.07, 6.45) is 4.67. The summed E-state index contributed by atoms with van der Waals surface area (Å²) in [7, 11) is 1.59. The van der Waals surface area contributed by atoms with E-state index in [-0.39, 0.29) is 5.91 Å². The first-order valence-electron chi connectivity index (χ1n) is 9.82. The molecule has 0 unspecified atom stereocenters. The standard InChI is InChI=1S/C23H25ClN4O3/c1-16-6-8-18(9-7-16)15-28-22(24)19(17(2)27-28)10-11-21(29)26-20-5-4-12-25-23(20)31-14-13-30-3/h4-12H,13-15H2,1-3H3,(H,26,29)/b11-10+. The Bertz CT molecular complexity index is 1060. The van der Waals surface area contributed by atoms with E-state index in [1.807, 2.05) is 26.0 Å². The maximum atomic E-state index is 12.4. The summed E-state index contributed by atoms with van der Waals surface area (Å²) in [6, 6.07) is 11.6. The number of pyridine rings is 1. The van der Waals surface area contributed by atoms with Crippen molar-refractivity contribution in [2.24, 2.45) is 0 Å². The Hall–Kier alpha value is -3.16. The van der Waals surface area contributed by atoms with E-state index in [0.717, 1.165) is 11.3 Å². The largest absolute Gasteiger partial charge is 0.474 e. The number of nitrogens with zero attached hydrogens (tertiary/aromatic N) is 3. The lowest BCUT2D eigenvalue weighted by atomic mass is 10.1. The summed E-state index contributed by atoms with van der Waals surface area (Å²) in [5.74, 6) is 0.00720. The molecule has 0 aliphatic heterocycles. The number of hydrogen-bond acceptors (Lipinski definition) is 5. The monoisotopic (exact) mass is 440 g/mol. The number of aromatic nitrogens is 3. The number of benzene rings is 1. The lowest BCUT2D eigenvalue weighted by Crippen LogP contribution is -2.12. The molecule has 1 N–H and O–H groups in total. The van der Waals surface area contributed by atoms with E-state index in [0.29, 0.717) is 42.0 Å².